The van der Waals surface area contributed by atoms with Crippen LogP contribution in [-0.2, 0) is 11.3 Å². The van der Waals surface area contributed by atoms with Crippen molar-refractivity contribution in [2.45, 2.75) is 52.4 Å². The van der Waals surface area contributed by atoms with Crippen LogP contribution in [0.15, 0.2) is 18.5 Å². The minimum atomic E-state index is -0.382. The molecule has 0 aliphatic carbocycles. The monoisotopic (exact) mass is 331 g/mol. The highest BCUT2D eigenvalue weighted by molar-refractivity contribution is 5.77. The molecule has 1 saturated heterocycles. The minimum absolute atomic E-state index is 0.382. The van der Waals surface area contributed by atoms with Crippen molar-refractivity contribution in [3.05, 3.63) is 29.6 Å². The summed E-state index contributed by atoms with van der Waals surface area (Å²) in [7, 11) is 0. The number of fused-ring (bicyclic) bond motifs is 1. The van der Waals surface area contributed by atoms with E-state index in [-0.39, 0.29) is 6.10 Å². The van der Waals surface area contributed by atoms with Gasteiger partial charge in [-0.3, -0.25) is 0 Å². The quantitative estimate of drug-likeness (QED) is 0.884. The van der Waals surface area contributed by atoms with Crippen LogP contribution in [0.4, 0.5) is 0 Å². The molecule has 0 amide bonds. The minimum Gasteiger partial charge on any atom is -0.390 e. The van der Waals surface area contributed by atoms with Crippen LogP contribution in [0.25, 0.3) is 11.0 Å². The molecule has 5 heteroatoms. The largest absolute Gasteiger partial charge is 0.390 e. The fourth-order valence-corrected chi connectivity index (χ4v) is 3.54. The highest BCUT2D eigenvalue weighted by Crippen LogP contribution is 2.19. The van der Waals surface area contributed by atoms with Crippen molar-refractivity contribution in [2.24, 2.45) is 0 Å². The molecule has 0 unspecified atom stereocenters. The SMILES string of the molecule is CCOC1CCN(C[C@@H](O)Cn2cnc3cc(C)c(C)cc32)CC1. The standard InChI is InChI=1S/C19H29N3O2/c1-4-24-17-5-7-21(8-6-17)11-16(23)12-22-13-20-18-9-14(2)15(3)10-19(18)22/h9-10,13,16-17,23H,4-8,11-12H2,1-3H3/t16-/m1/s1. The summed E-state index contributed by atoms with van der Waals surface area (Å²) in [5, 5.41) is 10.5. The van der Waals surface area contributed by atoms with Gasteiger partial charge < -0.3 is 19.3 Å². The van der Waals surface area contributed by atoms with Crippen LogP contribution >= 0.6 is 0 Å². The predicted molar refractivity (Wildman–Crippen MR) is 96.3 cm³/mol. The molecule has 0 spiro atoms. The van der Waals surface area contributed by atoms with E-state index in [1.807, 2.05) is 6.33 Å². The van der Waals surface area contributed by atoms with Crippen LogP contribution in [0, 0.1) is 13.8 Å². The molecule has 2 aromatic rings. The van der Waals surface area contributed by atoms with E-state index in [0.717, 1.165) is 43.6 Å². The smallest absolute Gasteiger partial charge is 0.0959 e. The van der Waals surface area contributed by atoms with Crippen molar-refractivity contribution in [3.8, 4) is 0 Å². The molecule has 3 rings (SSSR count). The van der Waals surface area contributed by atoms with Crippen molar-refractivity contribution in [1.82, 2.24) is 14.5 Å². The molecule has 1 aromatic heterocycles. The van der Waals surface area contributed by atoms with Crippen LogP contribution in [-0.4, -0.2) is 58.0 Å². The van der Waals surface area contributed by atoms with Gasteiger partial charge in [0.2, 0.25) is 0 Å². The van der Waals surface area contributed by atoms with E-state index >= 15 is 0 Å². The lowest BCUT2D eigenvalue weighted by molar-refractivity contribution is 0.00194. The van der Waals surface area contributed by atoms with E-state index in [1.165, 1.54) is 11.1 Å². The Bertz CT molecular complexity index is 675. The van der Waals surface area contributed by atoms with Gasteiger partial charge in [0.05, 0.1) is 36.1 Å². The van der Waals surface area contributed by atoms with E-state index < -0.39 is 0 Å². The van der Waals surface area contributed by atoms with Gasteiger partial charge >= 0.3 is 0 Å². The summed E-state index contributed by atoms with van der Waals surface area (Å²) in [5.41, 5.74) is 4.62. The van der Waals surface area contributed by atoms with Crippen LogP contribution in [0.5, 0.6) is 0 Å². The van der Waals surface area contributed by atoms with Crippen LogP contribution in [0.3, 0.4) is 0 Å². The number of rotatable bonds is 6. The number of hydrogen-bond donors (Lipinski definition) is 1. The number of likely N-dealkylation sites (tertiary alicyclic amines) is 1. The number of aryl methyl sites for hydroxylation is 2. The summed E-state index contributed by atoms with van der Waals surface area (Å²) in [4.78, 5) is 6.81. The zero-order valence-corrected chi connectivity index (χ0v) is 15.0. The topological polar surface area (TPSA) is 50.5 Å². The lowest BCUT2D eigenvalue weighted by atomic mass is 10.1. The second kappa shape index (κ2) is 7.64. The molecule has 1 atom stereocenters. The number of ether oxygens (including phenoxy) is 1. The van der Waals surface area contributed by atoms with E-state index in [4.69, 9.17) is 4.74 Å². The third-order valence-corrected chi connectivity index (χ3v) is 5.05. The summed E-state index contributed by atoms with van der Waals surface area (Å²) < 4.78 is 7.76. The Morgan fingerprint density at radius 2 is 1.92 bits per heavy atom. The molecule has 0 bridgehead atoms. The fraction of sp³-hybridized carbons (Fsp3) is 0.632. The Morgan fingerprint density at radius 3 is 2.62 bits per heavy atom. The first-order valence-electron chi connectivity index (χ1n) is 9.01. The van der Waals surface area contributed by atoms with Crippen LogP contribution in [0.2, 0.25) is 0 Å². The number of piperidine rings is 1. The normalized spacial score (nSPS) is 18.3. The Hall–Kier alpha value is -1.43. The van der Waals surface area contributed by atoms with Crippen molar-refractivity contribution in [3.63, 3.8) is 0 Å². The van der Waals surface area contributed by atoms with Gasteiger partial charge in [0.15, 0.2) is 0 Å². The molecule has 1 N–H and O–H groups in total. The van der Waals surface area contributed by atoms with Gasteiger partial charge in [-0.25, -0.2) is 4.98 Å². The highest BCUT2D eigenvalue weighted by atomic mass is 16.5. The molecular weight excluding hydrogens is 302 g/mol. The molecule has 1 aliphatic rings. The molecular formula is C19H29N3O2. The van der Waals surface area contributed by atoms with Crippen LogP contribution < -0.4 is 0 Å². The second-order valence-electron chi connectivity index (χ2n) is 6.93. The molecule has 1 aliphatic heterocycles. The summed E-state index contributed by atoms with van der Waals surface area (Å²) in [6, 6.07) is 4.28. The van der Waals surface area contributed by atoms with Crippen molar-refractivity contribution in [2.75, 3.05) is 26.2 Å². The van der Waals surface area contributed by atoms with Gasteiger partial charge in [-0.2, -0.15) is 0 Å². The highest BCUT2D eigenvalue weighted by Gasteiger charge is 2.21. The lowest BCUT2D eigenvalue weighted by Gasteiger charge is -2.33. The number of aliphatic hydroxyl groups excluding tert-OH is 1. The van der Waals surface area contributed by atoms with E-state index in [2.05, 4.69) is 47.4 Å². The number of benzene rings is 1. The molecule has 2 heterocycles. The third kappa shape index (κ3) is 3.97. The maximum Gasteiger partial charge on any atom is 0.0959 e. The molecule has 0 radical (unpaired) electrons. The number of β-amino-alcohol motifs (C(OH)–C–C–N with tert-alkyl or cyclic N) is 1. The summed E-state index contributed by atoms with van der Waals surface area (Å²) in [6.45, 7) is 10.4. The van der Waals surface area contributed by atoms with Crippen LogP contribution in [0.1, 0.15) is 30.9 Å². The summed E-state index contributed by atoms with van der Waals surface area (Å²) in [6.07, 6.45) is 3.98. The maximum atomic E-state index is 10.5. The van der Waals surface area contributed by atoms with Gasteiger partial charge in [-0.05, 0) is 56.9 Å². The Balaban J connectivity index is 1.58. The summed E-state index contributed by atoms with van der Waals surface area (Å²) >= 11 is 0. The number of aromatic nitrogens is 2. The lowest BCUT2D eigenvalue weighted by Crippen LogP contribution is -2.42. The van der Waals surface area contributed by atoms with E-state index in [0.29, 0.717) is 19.2 Å². The molecule has 1 fully saturated rings. The number of aliphatic hydroxyl groups is 1. The zero-order valence-electron chi connectivity index (χ0n) is 15.0. The van der Waals surface area contributed by atoms with E-state index in [1.54, 1.807) is 0 Å². The van der Waals surface area contributed by atoms with E-state index in [9.17, 15) is 5.11 Å². The molecule has 24 heavy (non-hydrogen) atoms. The number of hydrogen-bond acceptors (Lipinski definition) is 4. The molecule has 0 saturated carbocycles. The Morgan fingerprint density at radius 1 is 1.21 bits per heavy atom. The molecule has 5 nitrogen and oxygen atoms in total. The third-order valence-electron chi connectivity index (χ3n) is 5.05. The summed E-state index contributed by atoms with van der Waals surface area (Å²) in [5.74, 6) is 0. The van der Waals surface area contributed by atoms with Gasteiger partial charge in [-0.1, -0.05) is 0 Å². The van der Waals surface area contributed by atoms with Crippen molar-refractivity contribution >= 4 is 11.0 Å². The Labute approximate surface area is 144 Å². The Kier molecular flexibility index (Phi) is 5.54. The average Bonchev–Trinajstić information content (AvgIpc) is 2.92. The number of imidazole rings is 1. The molecule has 1 aromatic carbocycles. The van der Waals surface area contributed by atoms with Gasteiger partial charge in [-0.15, -0.1) is 0 Å². The van der Waals surface area contributed by atoms with Gasteiger partial charge in [0.1, 0.15) is 0 Å². The van der Waals surface area contributed by atoms with Gasteiger partial charge in [0.25, 0.3) is 0 Å². The first-order valence-corrected chi connectivity index (χ1v) is 9.01. The predicted octanol–water partition coefficient (Wildman–Crippen LogP) is 2.51. The van der Waals surface area contributed by atoms with Crippen molar-refractivity contribution < 1.29 is 9.84 Å². The zero-order chi connectivity index (χ0) is 17.1. The number of nitrogens with zero attached hydrogens (tertiary/aromatic N) is 3. The van der Waals surface area contributed by atoms with Gasteiger partial charge in [0, 0.05) is 26.2 Å². The fourth-order valence-electron chi connectivity index (χ4n) is 3.54. The maximum absolute atomic E-state index is 10.5. The molecule has 132 valence electrons. The first-order chi connectivity index (χ1) is 11.6. The average molecular weight is 331 g/mol. The second-order valence-corrected chi connectivity index (χ2v) is 6.93. The van der Waals surface area contributed by atoms with Crippen molar-refractivity contribution in [1.29, 1.82) is 0 Å². The first kappa shape index (κ1) is 17.4.